The van der Waals surface area contributed by atoms with E-state index in [4.69, 9.17) is 0 Å². The smallest absolute Gasteiger partial charge is 0.272 e. The highest BCUT2D eigenvalue weighted by atomic mass is 16.6. The number of hydrogen-bond acceptors (Lipinski definition) is 3. The first-order valence-electron chi connectivity index (χ1n) is 7.31. The summed E-state index contributed by atoms with van der Waals surface area (Å²) in [5.41, 5.74) is 1.85. The Hall–Kier alpha value is -1.58. The van der Waals surface area contributed by atoms with Crippen LogP contribution in [0.2, 0.25) is 0 Å². The molecule has 0 spiro atoms. The van der Waals surface area contributed by atoms with Gasteiger partial charge in [0.1, 0.15) is 0 Å². The monoisotopic (exact) mass is 278 g/mol. The molecule has 0 heterocycles. The van der Waals surface area contributed by atoms with E-state index in [1.54, 1.807) is 19.1 Å². The average Bonchev–Trinajstić information content (AvgIpc) is 2.26. The summed E-state index contributed by atoms with van der Waals surface area (Å²) in [4.78, 5) is 10.5. The van der Waals surface area contributed by atoms with Gasteiger partial charge in [0.25, 0.3) is 5.69 Å². The highest BCUT2D eigenvalue weighted by Crippen LogP contribution is 2.24. The van der Waals surface area contributed by atoms with Crippen molar-refractivity contribution in [3.63, 3.8) is 0 Å². The summed E-state index contributed by atoms with van der Waals surface area (Å²) in [6.45, 7) is 10.7. The van der Waals surface area contributed by atoms with Crippen molar-refractivity contribution >= 4 is 11.4 Å². The van der Waals surface area contributed by atoms with E-state index in [2.05, 4.69) is 33.0 Å². The number of nitrogens with zero attached hydrogens (tertiary/aromatic N) is 1. The summed E-state index contributed by atoms with van der Waals surface area (Å²) in [6.07, 6.45) is 2.21. The first kappa shape index (κ1) is 16.5. The summed E-state index contributed by atoms with van der Waals surface area (Å²) in [6, 6.07) is 5.67. The molecule has 112 valence electrons. The van der Waals surface area contributed by atoms with E-state index in [1.807, 2.05) is 6.07 Å². The lowest BCUT2D eigenvalue weighted by molar-refractivity contribution is -0.385. The molecule has 20 heavy (non-hydrogen) atoms. The second kappa shape index (κ2) is 7.27. The van der Waals surface area contributed by atoms with Gasteiger partial charge < -0.3 is 5.32 Å². The van der Waals surface area contributed by atoms with Crippen molar-refractivity contribution in [1.29, 1.82) is 0 Å². The van der Waals surface area contributed by atoms with Crippen LogP contribution in [0.15, 0.2) is 18.2 Å². The molecule has 0 bridgehead atoms. The van der Waals surface area contributed by atoms with Crippen LogP contribution in [0.4, 0.5) is 11.4 Å². The van der Waals surface area contributed by atoms with Crippen molar-refractivity contribution in [3.05, 3.63) is 33.9 Å². The summed E-state index contributed by atoms with van der Waals surface area (Å²) in [5.74, 6) is 1.26. The van der Waals surface area contributed by atoms with Gasteiger partial charge in [0.2, 0.25) is 0 Å². The Morgan fingerprint density at radius 3 is 2.10 bits per heavy atom. The standard InChI is InChI=1S/C16H26N2O2/c1-11(2)8-15(9-12(3)4)17-14-6-7-16(18(19)20)13(5)10-14/h6-7,10-12,15,17H,8-9H2,1-5H3. The van der Waals surface area contributed by atoms with E-state index in [1.165, 1.54) is 0 Å². The fraction of sp³-hybridized carbons (Fsp3) is 0.625. The molecule has 4 nitrogen and oxygen atoms in total. The second-order valence-electron chi connectivity index (χ2n) is 6.36. The molecular formula is C16H26N2O2. The second-order valence-corrected chi connectivity index (χ2v) is 6.36. The zero-order chi connectivity index (χ0) is 15.3. The van der Waals surface area contributed by atoms with Crippen molar-refractivity contribution in [2.24, 2.45) is 11.8 Å². The Kier molecular flexibility index (Phi) is 5.99. The Morgan fingerprint density at radius 2 is 1.70 bits per heavy atom. The van der Waals surface area contributed by atoms with Crippen LogP contribution in [0, 0.1) is 28.9 Å². The molecule has 0 amide bonds. The maximum atomic E-state index is 10.8. The Labute approximate surface area is 121 Å². The average molecular weight is 278 g/mol. The molecule has 1 aromatic carbocycles. The van der Waals surface area contributed by atoms with Gasteiger partial charge in [0, 0.05) is 23.4 Å². The van der Waals surface area contributed by atoms with Gasteiger partial charge in [0.05, 0.1) is 4.92 Å². The van der Waals surface area contributed by atoms with Crippen molar-refractivity contribution in [1.82, 2.24) is 0 Å². The number of nitrogens with one attached hydrogen (secondary N) is 1. The fourth-order valence-corrected chi connectivity index (χ4v) is 2.54. The molecule has 0 saturated heterocycles. The molecule has 0 radical (unpaired) electrons. The van der Waals surface area contributed by atoms with Crippen LogP contribution >= 0.6 is 0 Å². The van der Waals surface area contributed by atoms with Crippen LogP contribution in [0.25, 0.3) is 0 Å². The highest BCUT2D eigenvalue weighted by molar-refractivity contribution is 5.54. The normalized spacial score (nSPS) is 11.4. The Balaban J connectivity index is 2.82. The molecule has 1 aromatic rings. The third-order valence-electron chi connectivity index (χ3n) is 3.28. The molecule has 0 unspecified atom stereocenters. The number of nitro benzene ring substituents is 1. The molecule has 4 heteroatoms. The van der Waals surface area contributed by atoms with E-state index in [0.29, 0.717) is 23.4 Å². The zero-order valence-electron chi connectivity index (χ0n) is 13.1. The molecule has 0 aliphatic carbocycles. The summed E-state index contributed by atoms with van der Waals surface area (Å²) in [7, 11) is 0. The van der Waals surface area contributed by atoms with Crippen molar-refractivity contribution < 1.29 is 4.92 Å². The first-order valence-corrected chi connectivity index (χ1v) is 7.31. The summed E-state index contributed by atoms with van der Waals surface area (Å²) in [5, 5.41) is 14.4. The van der Waals surface area contributed by atoms with Gasteiger partial charge in [-0.05, 0) is 43.7 Å². The van der Waals surface area contributed by atoms with E-state index in [0.717, 1.165) is 18.5 Å². The largest absolute Gasteiger partial charge is 0.382 e. The van der Waals surface area contributed by atoms with Crippen molar-refractivity contribution in [2.45, 2.75) is 53.5 Å². The number of benzene rings is 1. The number of rotatable bonds is 7. The number of nitro groups is 1. The predicted octanol–water partition coefficient (Wildman–Crippen LogP) is 4.78. The molecule has 0 saturated carbocycles. The Bertz CT molecular complexity index is 446. The van der Waals surface area contributed by atoms with Gasteiger partial charge in [-0.1, -0.05) is 27.7 Å². The number of anilines is 1. The van der Waals surface area contributed by atoms with Crippen molar-refractivity contribution in [3.8, 4) is 0 Å². The van der Waals surface area contributed by atoms with Gasteiger partial charge in [0.15, 0.2) is 0 Å². The zero-order valence-corrected chi connectivity index (χ0v) is 13.1. The molecule has 0 aliphatic heterocycles. The SMILES string of the molecule is Cc1cc(NC(CC(C)C)CC(C)C)ccc1[N+](=O)[O-]. The minimum Gasteiger partial charge on any atom is -0.382 e. The maximum Gasteiger partial charge on any atom is 0.272 e. The molecule has 0 aliphatic rings. The van der Waals surface area contributed by atoms with E-state index < -0.39 is 0 Å². The van der Waals surface area contributed by atoms with Gasteiger partial charge in [-0.15, -0.1) is 0 Å². The molecule has 0 atom stereocenters. The number of aryl methyl sites for hydroxylation is 1. The van der Waals surface area contributed by atoms with Crippen LogP contribution in [0.1, 0.15) is 46.1 Å². The topological polar surface area (TPSA) is 55.2 Å². The highest BCUT2D eigenvalue weighted by Gasteiger charge is 2.15. The predicted molar refractivity (Wildman–Crippen MR) is 84.2 cm³/mol. The quantitative estimate of drug-likeness (QED) is 0.577. The lowest BCUT2D eigenvalue weighted by atomic mass is 9.95. The number of hydrogen-bond donors (Lipinski definition) is 1. The first-order chi connectivity index (χ1) is 9.29. The van der Waals surface area contributed by atoms with Gasteiger partial charge in [-0.2, -0.15) is 0 Å². The minimum atomic E-state index is -0.334. The van der Waals surface area contributed by atoms with Crippen molar-refractivity contribution in [2.75, 3.05) is 5.32 Å². The summed E-state index contributed by atoms with van der Waals surface area (Å²) < 4.78 is 0. The molecule has 0 aromatic heterocycles. The lowest BCUT2D eigenvalue weighted by Crippen LogP contribution is -2.23. The fourth-order valence-electron chi connectivity index (χ4n) is 2.54. The molecule has 1 rings (SSSR count). The Morgan fingerprint density at radius 1 is 1.15 bits per heavy atom. The molecular weight excluding hydrogens is 252 g/mol. The maximum absolute atomic E-state index is 10.8. The molecule has 0 fully saturated rings. The third-order valence-corrected chi connectivity index (χ3v) is 3.28. The summed E-state index contributed by atoms with van der Waals surface area (Å²) >= 11 is 0. The van der Waals surface area contributed by atoms with Gasteiger partial charge in [-0.3, -0.25) is 10.1 Å². The van der Waals surface area contributed by atoms with E-state index in [9.17, 15) is 10.1 Å². The van der Waals surface area contributed by atoms with Gasteiger partial charge in [-0.25, -0.2) is 0 Å². The van der Waals surface area contributed by atoms with Crippen LogP contribution in [-0.4, -0.2) is 11.0 Å². The van der Waals surface area contributed by atoms with Gasteiger partial charge >= 0.3 is 0 Å². The van der Waals surface area contributed by atoms with Crippen LogP contribution in [0.3, 0.4) is 0 Å². The molecule has 1 N–H and O–H groups in total. The van der Waals surface area contributed by atoms with E-state index in [-0.39, 0.29) is 10.6 Å². The van der Waals surface area contributed by atoms with Crippen LogP contribution in [-0.2, 0) is 0 Å². The van der Waals surface area contributed by atoms with Crippen LogP contribution < -0.4 is 5.32 Å². The van der Waals surface area contributed by atoms with Crippen LogP contribution in [0.5, 0.6) is 0 Å². The third kappa shape index (κ3) is 5.19. The lowest BCUT2D eigenvalue weighted by Gasteiger charge is -2.23. The van der Waals surface area contributed by atoms with E-state index >= 15 is 0 Å². The minimum absolute atomic E-state index is 0.180.